The molecule has 0 unspecified atom stereocenters. The standard InChI is InChI=1S/C20H28N4S.HI/c1-15(2)18-24-17(13-25-18)9-12-22-19(21-3)23-14-20(10-11-20)16-7-5-4-6-8-16;/h4-8,13,15H,9-12,14H2,1-3H3,(H2,21,22,23);1H. The van der Waals surface area contributed by atoms with Crippen molar-refractivity contribution in [3.63, 3.8) is 0 Å². The highest BCUT2D eigenvalue weighted by Gasteiger charge is 2.43. The lowest BCUT2D eigenvalue weighted by atomic mass is 9.96. The van der Waals surface area contributed by atoms with E-state index in [0.717, 1.165) is 25.5 Å². The fourth-order valence-electron chi connectivity index (χ4n) is 3.00. The number of nitrogens with one attached hydrogen (secondary N) is 2. The summed E-state index contributed by atoms with van der Waals surface area (Å²) in [6.07, 6.45) is 3.42. The van der Waals surface area contributed by atoms with Gasteiger partial charge in [-0.1, -0.05) is 44.2 Å². The zero-order valence-corrected chi connectivity index (χ0v) is 18.9. The van der Waals surface area contributed by atoms with Gasteiger partial charge in [0, 0.05) is 43.3 Å². The van der Waals surface area contributed by atoms with Crippen LogP contribution in [0.3, 0.4) is 0 Å². The second-order valence-corrected chi connectivity index (χ2v) is 7.97. The minimum absolute atomic E-state index is 0. The van der Waals surface area contributed by atoms with Gasteiger partial charge in [0.05, 0.1) is 10.7 Å². The number of hydrogen-bond donors (Lipinski definition) is 2. The molecule has 1 fully saturated rings. The Kier molecular flexibility index (Phi) is 7.88. The van der Waals surface area contributed by atoms with Crippen LogP contribution in [-0.4, -0.2) is 31.1 Å². The normalized spacial score (nSPS) is 15.5. The van der Waals surface area contributed by atoms with E-state index >= 15 is 0 Å². The summed E-state index contributed by atoms with van der Waals surface area (Å²) in [4.78, 5) is 9.04. The summed E-state index contributed by atoms with van der Waals surface area (Å²) in [5.74, 6) is 1.38. The van der Waals surface area contributed by atoms with E-state index in [4.69, 9.17) is 0 Å². The highest BCUT2D eigenvalue weighted by Crippen LogP contribution is 2.47. The number of benzene rings is 1. The lowest BCUT2D eigenvalue weighted by Gasteiger charge is -2.19. The molecule has 0 bridgehead atoms. The molecule has 0 atom stereocenters. The summed E-state index contributed by atoms with van der Waals surface area (Å²) in [6.45, 7) is 6.16. The highest BCUT2D eigenvalue weighted by atomic mass is 127. The number of guanidine groups is 1. The van der Waals surface area contributed by atoms with Gasteiger partial charge in [0.2, 0.25) is 0 Å². The smallest absolute Gasteiger partial charge is 0.191 e. The van der Waals surface area contributed by atoms with Gasteiger partial charge in [-0.3, -0.25) is 4.99 Å². The molecule has 0 saturated heterocycles. The van der Waals surface area contributed by atoms with Crippen molar-refractivity contribution in [1.82, 2.24) is 15.6 Å². The van der Waals surface area contributed by atoms with Crippen LogP contribution in [0, 0.1) is 0 Å². The molecule has 0 radical (unpaired) electrons. The maximum absolute atomic E-state index is 4.69. The van der Waals surface area contributed by atoms with Crippen LogP contribution >= 0.6 is 35.3 Å². The molecule has 2 aromatic rings. The van der Waals surface area contributed by atoms with Gasteiger partial charge in [-0.25, -0.2) is 4.98 Å². The average molecular weight is 484 g/mol. The molecule has 1 aliphatic rings. The number of nitrogens with zero attached hydrogens (tertiary/aromatic N) is 2. The third-order valence-corrected chi connectivity index (χ3v) is 5.99. The van der Waals surface area contributed by atoms with Crippen LogP contribution in [-0.2, 0) is 11.8 Å². The molecule has 1 aliphatic carbocycles. The Bertz CT molecular complexity index is 708. The van der Waals surface area contributed by atoms with Crippen molar-refractivity contribution >= 4 is 41.3 Å². The molecule has 0 amide bonds. The van der Waals surface area contributed by atoms with E-state index in [9.17, 15) is 0 Å². The number of thiazole rings is 1. The molecule has 4 nitrogen and oxygen atoms in total. The topological polar surface area (TPSA) is 49.3 Å². The number of aromatic nitrogens is 1. The first-order chi connectivity index (χ1) is 12.1. The Morgan fingerprint density at radius 3 is 2.54 bits per heavy atom. The Morgan fingerprint density at radius 1 is 1.23 bits per heavy atom. The van der Waals surface area contributed by atoms with Crippen LogP contribution in [0.15, 0.2) is 40.7 Å². The molecular weight excluding hydrogens is 455 g/mol. The maximum Gasteiger partial charge on any atom is 0.191 e. The number of rotatable bonds is 7. The lowest BCUT2D eigenvalue weighted by Crippen LogP contribution is -2.42. The molecule has 6 heteroatoms. The van der Waals surface area contributed by atoms with Crippen molar-refractivity contribution in [2.45, 2.75) is 44.4 Å². The van der Waals surface area contributed by atoms with Crippen LogP contribution in [0.4, 0.5) is 0 Å². The van der Waals surface area contributed by atoms with Crippen molar-refractivity contribution in [3.05, 3.63) is 52.0 Å². The van der Waals surface area contributed by atoms with E-state index in [2.05, 4.69) is 70.2 Å². The number of aliphatic imine (C=N–C) groups is 1. The first kappa shape index (κ1) is 21.2. The summed E-state index contributed by atoms with van der Waals surface area (Å²) in [5.41, 5.74) is 2.89. The molecule has 1 aromatic heterocycles. The predicted octanol–water partition coefficient (Wildman–Crippen LogP) is 4.32. The van der Waals surface area contributed by atoms with Crippen LogP contribution in [0.5, 0.6) is 0 Å². The lowest BCUT2D eigenvalue weighted by molar-refractivity contribution is 0.645. The minimum Gasteiger partial charge on any atom is -0.356 e. The fourth-order valence-corrected chi connectivity index (χ4v) is 3.86. The average Bonchev–Trinajstić information content (AvgIpc) is 3.28. The molecule has 1 aromatic carbocycles. The second-order valence-electron chi connectivity index (χ2n) is 7.08. The van der Waals surface area contributed by atoms with Crippen molar-refractivity contribution in [3.8, 4) is 0 Å². The molecule has 3 rings (SSSR count). The van der Waals surface area contributed by atoms with Crippen molar-refractivity contribution in [2.75, 3.05) is 20.1 Å². The monoisotopic (exact) mass is 484 g/mol. The van der Waals surface area contributed by atoms with Crippen LogP contribution in [0.2, 0.25) is 0 Å². The van der Waals surface area contributed by atoms with Crippen molar-refractivity contribution in [2.24, 2.45) is 4.99 Å². The first-order valence-corrected chi connectivity index (χ1v) is 9.95. The molecule has 1 saturated carbocycles. The predicted molar refractivity (Wildman–Crippen MR) is 122 cm³/mol. The van der Waals surface area contributed by atoms with E-state index in [1.165, 1.54) is 29.1 Å². The van der Waals surface area contributed by atoms with Gasteiger partial charge in [-0.15, -0.1) is 35.3 Å². The van der Waals surface area contributed by atoms with Gasteiger partial charge >= 0.3 is 0 Å². The fraction of sp³-hybridized carbons (Fsp3) is 0.500. The summed E-state index contributed by atoms with van der Waals surface area (Å²) in [7, 11) is 1.83. The van der Waals surface area contributed by atoms with E-state index < -0.39 is 0 Å². The Hall–Kier alpha value is -1.15. The highest BCUT2D eigenvalue weighted by molar-refractivity contribution is 14.0. The zero-order chi connectivity index (χ0) is 17.7. The molecule has 0 aliphatic heterocycles. The van der Waals surface area contributed by atoms with E-state index in [-0.39, 0.29) is 24.0 Å². The molecule has 142 valence electrons. The van der Waals surface area contributed by atoms with Crippen molar-refractivity contribution < 1.29 is 0 Å². The molecule has 0 spiro atoms. The number of hydrogen-bond acceptors (Lipinski definition) is 3. The van der Waals surface area contributed by atoms with E-state index in [1.54, 1.807) is 11.3 Å². The van der Waals surface area contributed by atoms with E-state index in [1.807, 2.05) is 7.05 Å². The largest absolute Gasteiger partial charge is 0.356 e. The molecule has 2 N–H and O–H groups in total. The zero-order valence-electron chi connectivity index (χ0n) is 15.8. The van der Waals surface area contributed by atoms with Gasteiger partial charge in [-0.05, 0) is 18.4 Å². The summed E-state index contributed by atoms with van der Waals surface area (Å²) < 4.78 is 0. The first-order valence-electron chi connectivity index (χ1n) is 9.07. The third kappa shape index (κ3) is 5.42. The van der Waals surface area contributed by atoms with E-state index in [0.29, 0.717) is 11.3 Å². The molecule has 26 heavy (non-hydrogen) atoms. The molecular formula is C20H29IN4S. The van der Waals surface area contributed by atoms with Crippen LogP contribution in [0.25, 0.3) is 0 Å². The van der Waals surface area contributed by atoms with Gasteiger partial charge in [-0.2, -0.15) is 0 Å². The summed E-state index contributed by atoms with van der Waals surface area (Å²) in [6, 6.07) is 10.8. The van der Waals surface area contributed by atoms with Crippen LogP contribution < -0.4 is 10.6 Å². The SMILES string of the molecule is CN=C(NCCc1csc(C(C)C)n1)NCC1(c2ccccc2)CC1.I. The van der Waals surface area contributed by atoms with Crippen molar-refractivity contribution in [1.29, 1.82) is 0 Å². The van der Waals surface area contributed by atoms with Gasteiger partial charge < -0.3 is 10.6 Å². The minimum atomic E-state index is 0. The Labute approximate surface area is 177 Å². The summed E-state index contributed by atoms with van der Waals surface area (Å²) >= 11 is 1.76. The van der Waals surface area contributed by atoms with Gasteiger partial charge in [0.15, 0.2) is 5.96 Å². The Morgan fingerprint density at radius 2 is 1.96 bits per heavy atom. The quantitative estimate of drug-likeness (QED) is 0.350. The number of halogens is 1. The third-order valence-electron chi connectivity index (χ3n) is 4.79. The Balaban J connectivity index is 0.00000243. The maximum atomic E-state index is 4.69. The van der Waals surface area contributed by atoms with Crippen LogP contribution in [0.1, 0.15) is 48.9 Å². The van der Waals surface area contributed by atoms with Gasteiger partial charge in [0.25, 0.3) is 0 Å². The molecule has 1 heterocycles. The summed E-state index contributed by atoms with van der Waals surface area (Å²) in [5, 5.41) is 10.3. The van der Waals surface area contributed by atoms with Gasteiger partial charge in [0.1, 0.15) is 0 Å². The second kappa shape index (κ2) is 9.69.